The van der Waals surface area contributed by atoms with E-state index < -0.39 is 5.82 Å². The molecule has 0 radical (unpaired) electrons. The summed E-state index contributed by atoms with van der Waals surface area (Å²) in [6, 6.07) is 11.0. The Morgan fingerprint density at radius 2 is 1.78 bits per heavy atom. The lowest BCUT2D eigenvalue weighted by Crippen LogP contribution is -2.63. The van der Waals surface area contributed by atoms with Crippen LogP contribution in [0.15, 0.2) is 55.4 Å². The van der Waals surface area contributed by atoms with E-state index in [0.717, 1.165) is 51.0 Å². The fourth-order valence-corrected chi connectivity index (χ4v) is 6.84. The highest BCUT2D eigenvalue weighted by Gasteiger charge is 2.38. The van der Waals surface area contributed by atoms with Crippen molar-refractivity contribution in [1.29, 1.82) is 0 Å². The van der Waals surface area contributed by atoms with Gasteiger partial charge in [-0.25, -0.2) is 19.4 Å². The Morgan fingerprint density at radius 3 is 2.48 bits per heavy atom. The number of nitrogens with zero attached hydrogens (tertiary/aromatic N) is 6. The number of hydroxylamine groups is 1. The van der Waals surface area contributed by atoms with E-state index >= 15 is 0 Å². The van der Waals surface area contributed by atoms with E-state index in [-0.39, 0.29) is 11.9 Å². The number of benzene rings is 2. The molecule has 13 heteroatoms. The lowest BCUT2D eigenvalue weighted by atomic mass is 10.0. The molecule has 4 aliphatic rings. The van der Waals surface area contributed by atoms with Gasteiger partial charge in [-0.3, -0.25) is 19.4 Å². The molecule has 2 aromatic carbocycles. The number of piperazine rings is 1. The fourth-order valence-electron chi connectivity index (χ4n) is 6.61. The van der Waals surface area contributed by atoms with Crippen LogP contribution in [0.1, 0.15) is 30.9 Å². The summed E-state index contributed by atoms with van der Waals surface area (Å²) in [6.07, 6.45) is 6.03. The first-order valence-corrected chi connectivity index (χ1v) is 16.1. The Labute approximate surface area is 272 Å². The zero-order valence-electron chi connectivity index (χ0n) is 25.8. The number of halogens is 2. The first kappa shape index (κ1) is 30.7. The summed E-state index contributed by atoms with van der Waals surface area (Å²) in [6.45, 7) is 10.3. The molecule has 1 atom stereocenters. The average molecular weight is 649 g/mol. The molecule has 1 aromatic heterocycles. The number of methoxy groups -OCH3 is 1. The molecule has 4 heterocycles. The Hall–Kier alpha value is -3.97. The molecule has 1 amide bonds. The Balaban J connectivity index is 1.09. The van der Waals surface area contributed by atoms with E-state index in [1.807, 2.05) is 12.1 Å². The molecular weight excluding hydrogens is 611 g/mol. The number of rotatable bonds is 10. The Kier molecular flexibility index (Phi) is 8.69. The number of ether oxygens (including phenoxy) is 1. The van der Waals surface area contributed by atoms with Gasteiger partial charge >= 0.3 is 0 Å². The average Bonchev–Trinajstić information content (AvgIpc) is 3.76. The van der Waals surface area contributed by atoms with Gasteiger partial charge in [-0.2, -0.15) is 0 Å². The van der Waals surface area contributed by atoms with E-state index in [4.69, 9.17) is 21.2 Å². The number of carbonyl (C=O) groups excluding carboxylic acids is 1. The van der Waals surface area contributed by atoms with E-state index in [0.29, 0.717) is 58.4 Å². The molecule has 2 N–H and O–H groups in total. The van der Waals surface area contributed by atoms with Crippen LogP contribution in [0.25, 0.3) is 0 Å². The first-order valence-electron chi connectivity index (χ1n) is 15.7. The number of aromatic nitrogens is 2. The lowest BCUT2D eigenvalue weighted by Gasteiger charge is -2.49. The minimum Gasteiger partial charge on any atom is -0.494 e. The quantitative estimate of drug-likeness (QED) is 0.293. The Morgan fingerprint density at radius 1 is 1.02 bits per heavy atom. The topological polar surface area (TPSA) is 98.3 Å². The van der Waals surface area contributed by atoms with Gasteiger partial charge in [0.25, 0.3) is 0 Å². The number of hydrogen-bond donors (Lipinski definition) is 2. The molecule has 7 rings (SSSR count). The van der Waals surface area contributed by atoms with Gasteiger partial charge in [-0.15, -0.1) is 0 Å². The molecule has 3 saturated heterocycles. The molecule has 46 heavy (non-hydrogen) atoms. The van der Waals surface area contributed by atoms with Gasteiger partial charge in [0.15, 0.2) is 5.82 Å². The van der Waals surface area contributed by atoms with Crippen molar-refractivity contribution in [1.82, 2.24) is 19.8 Å². The van der Waals surface area contributed by atoms with Crippen molar-refractivity contribution < 1.29 is 18.8 Å². The summed E-state index contributed by atoms with van der Waals surface area (Å²) >= 11 is 6.14. The van der Waals surface area contributed by atoms with Gasteiger partial charge in [0.05, 0.1) is 36.8 Å². The highest BCUT2D eigenvalue weighted by atomic mass is 35.5. The van der Waals surface area contributed by atoms with E-state index in [1.165, 1.54) is 37.4 Å². The molecule has 1 aliphatic carbocycles. The van der Waals surface area contributed by atoms with Crippen LogP contribution in [0.2, 0.25) is 5.02 Å². The molecule has 1 saturated carbocycles. The van der Waals surface area contributed by atoms with Crippen LogP contribution in [-0.4, -0.2) is 90.7 Å². The molecule has 4 fully saturated rings. The number of hydrogen-bond acceptors (Lipinski definition) is 10. The normalized spacial score (nSPS) is 20.8. The molecule has 242 valence electrons. The minimum atomic E-state index is -0.408. The zero-order valence-corrected chi connectivity index (χ0v) is 26.5. The monoisotopic (exact) mass is 648 g/mol. The van der Waals surface area contributed by atoms with Gasteiger partial charge < -0.3 is 20.3 Å². The summed E-state index contributed by atoms with van der Waals surface area (Å²) in [5.74, 6) is 0.871. The largest absolute Gasteiger partial charge is 0.494 e. The van der Waals surface area contributed by atoms with Crippen LogP contribution in [0.5, 0.6) is 5.75 Å². The maximum atomic E-state index is 14.1. The third-order valence-corrected chi connectivity index (χ3v) is 9.43. The second-order valence-electron chi connectivity index (χ2n) is 12.2. The predicted octanol–water partition coefficient (Wildman–Crippen LogP) is 5.00. The maximum Gasteiger partial charge on any atom is 0.247 e. The minimum absolute atomic E-state index is 0.270. The van der Waals surface area contributed by atoms with Crippen molar-refractivity contribution in [3.05, 3.63) is 71.8 Å². The second kappa shape index (κ2) is 13.0. The van der Waals surface area contributed by atoms with Crippen molar-refractivity contribution >= 4 is 46.2 Å². The van der Waals surface area contributed by atoms with Crippen molar-refractivity contribution in [2.24, 2.45) is 0 Å². The standard InChI is InChI=1S/C33H38ClFN8O3/c1-3-33(44)39-26-15-27(30(45-2)16-29(26)42-18-25(19-42)41-9-7-40(8-10-41)24-4-5-24)38-31-17-32(37-20-36-31)43-28(6-11-46-43)21-12-22(34)14-23(35)13-21/h3,12-17,20,24-25,28H,1,4-11,18-19H2,2H3,(H,39,44)(H,36,37,38)/t28-/m1/s1. The highest BCUT2D eigenvalue weighted by molar-refractivity contribution is 6.30. The third-order valence-electron chi connectivity index (χ3n) is 9.21. The van der Waals surface area contributed by atoms with Crippen molar-refractivity contribution in [2.75, 3.05) is 73.6 Å². The lowest BCUT2D eigenvalue weighted by molar-refractivity contribution is -0.111. The second-order valence-corrected chi connectivity index (χ2v) is 12.6. The van der Waals surface area contributed by atoms with Crippen molar-refractivity contribution in [3.8, 4) is 5.75 Å². The van der Waals surface area contributed by atoms with Gasteiger partial charge in [-0.05, 0) is 48.7 Å². The summed E-state index contributed by atoms with van der Waals surface area (Å²) in [4.78, 5) is 34.7. The maximum absolute atomic E-state index is 14.1. The summed E-state index contributed by atoms with van der Waals surface area (Å²) in [5.41, 5.74) is 2.84. The van der Waals surface area contributed by atoms with E-state index in [9.17, 15) is 9.18 Å². The van der Waals surface area contributed by atoms with Gasteiger partial charge in [0.2, 0.25) is 5.91 Å². The van der Waals surface area contributed by atoms with Gasteiger partial charge in [0.1, 0.15) is 23.7 Å². The number of amides is 1. The molecule has 3 aliphatic heterocycles. The SMILES string of the molecule is C=CC(=O)Nc1cc(Nc2cc(N3OCC[C@@H]3c3cc(F)cc(Cl)c3)ncn2)c(OC)cc1N1CC(N2CCN(C3CC3)CC2)C1. The third kappa shape index (κ3) is 6.48. The van der Waals surface area contributed by atoms with Crippen molar-refractivity contribution in [2.45, 2.75) is 37.4 Å². The summed E-state index contributed by atoms with van der Waals surface area (Å²) in [7, 11) is 1.61. The Bertz CT molecular complexity index is 1590. The summed E-state index contributed by atoms with van der Waals surface area (Å²) < 4.78 is 20.0. The zero-order chi connectivity index (χ0) is 31.8. The number of anilines is 5. The molecule has 0 unspecified atom stereocenters. The van der Waals surface area contributed by atoms with Crippen LogP contribution in [0.3, 0.4) is 0 Å². The summed E-state index contributed by atoms with van der Waals surface area (Å²) in [5, 5.41) is 8.28. The number of carbonyl (C=O) groups is 1. The van der Waals surface area contributed by atoms with Crippen LogP contribution in [0.4, 0.5) is 33.1 Å². The highest BCUT2D eigenvalue weighted by Crippen LogP contribution is 2.41. The molecule has 0 spiro atoms. The molecule has 3 aromatic rings. The van der Waals surface area contributed by atoms with Crippen molar-refractivity contribution in [3.63, 3.8) is 0 Å². The van der Waals surface area contributed by atoms with E-state index in [1.54, 1.807) is 24.3 Å². The van der Waals surface area contributed by atoms with E-state index in [2.05, 4.69) is 41.9 Å². The van der Waals surface area contributed by atoms with Gasteiger partial charge in [-0.1, -0.05) is 18.2 Å². The molecule has 0 bridgehead atoms. The van der Waals surface area contributed by atoms with Crippen LogP contribution >= 0.6 is 11.6 Å². The smallest absolute Gasteiger partial charge is 0.247 e. The van der Waals surface area contributed by atoms with Crippen LogP contribution in [0, 0.1) is 5.82 Å². The van der Waals surface area contributed by atoms with Gasteiger partial charge in [0, 0.05) is 74.9 Å². The predicted molar refractivity (Wildman–Crippen MR) is 177 cm³/mol. The fraction of sp³-hybridized carbons (Fsp3) is 0.424. The first-order chi connectivity index (χ1) is 22.4. The number of nitrogens with one attached hydrogen (secondary N) is 2. The molecular formula is C33H38ClFN8O3. The van der Waals surface area contributed by atoms with Crippen LogP contribution < -0.4 is 25.3 Å². The molecule has 11 nitrogen and oxygen atoms in total. The van der Waals surface area contributed by atoms with Crippen LogP contribution in [-0.2, 0) is 9.63 Å².